The number of fused-ring (bicyclic) bond motifs is 1. The van der Waals surface area contributed by atoms with Gasteiger partial charge in [-0.25, -0.2) is 0 Å². The van der Waals surface area contributed by atoms with E-state index >= 15 is 0 Å². The molecular formula is C22H25N3O3. The highest BCUT2D eigenvalue weighted by Crippen LogP contribution is 2.19. The van der Waals surface area contributed by atoms with Gasteiger partial charge in [-0.3, -0.25) is 9.59 Å². The molecule has 0 fully saturated rings. The minimum Gasteiger partial charge on any atom is -0.497 e. The van der Waals surface area contributed by atoms with Gasteiger partial charge in [-0.05, 0) is 35.7 Å². The largest absolute Gasteiger partial charge is 0.497 e. The second-order valence-corrected chi connectivity index (χ2v) is 6.71. The fraction of sp³-hybridized carbons (Fsp3) is 0.273. The lowest BCUT2D eigenvalue weighted by Crippen LogP contribution is -2.47. The van der Waals surface area contributed by atoms with Crippen LogP contribution in [0.25, 0.3) is 10.9 Å². The van der Waals surface area contributed by atoms with E-state index in [1.54, 1.807) is 7.11 Å². The number of para-hydroxylation sites is 1. The van der Waals surface area contributed by atoms with Crippen molar-refractivity contribution in [3.05, 3.63) is 65.9 Å². The summed E-state index contributed by atoms with van der Waals surface area (Å²) in [5.74, 6) is 0.390. The molecule has 2 aromatic carbocycles. The predicted molar refractivity (Wildman–Crippen MR) is 109 cm³/mol. The van der Waals surface area contributed by atoms with Crippen molar-refractivity contribution >= 4 is 22.7 Å². The molecule has 0 aliphatic rings. The van der Waals surface area contributed by atoms with Crippen molar-refractivity contribution in [1.82, 2.24) is 15.6 Å². The molecule has 1 aromatic heterocycles. The smallest absolute Gasteiger partial charge is 0.242 e. The first-order valence-corrected chi connectivity index (χ1v) is 9.29. The number of hydrogen-bond acceptors (Lipinski definition) is 3. The van der Waals surface area contributed by atoms with Gasteiger partial charge in [0.1, 0.15) is 11.8 Å². The number of aromatic amines is 1. The fourth-order valence-electron chi connectivity index (χ4n) is 3.22. The lowest BCUT2D eigenvalue weighted by atomic mass is 10.0. The van der Waals surface area contributed by atoms with Gasteiger partial charge in [0.2, 0.25) is 11.8 Å². The minimum absolute atomic E-state index is 0.186. The summed E-state index contributed by atoms with van der Waals surface area (Å²) in [6.45, 7) is 1.92. The molecule has 0 saturated carbocycles. The lowest BCUT2D eigenvalue weighted by Gasteiger charge is -2.17. The molecule has 6 nitrogen and oxygen atoms in total. The van der Waals surface area contributed by atoms with Crippen LogP contribution in [-0.2, 0) is 22.4 Å². The Morgan fingerprint density at radius 2 is 1.86 bits per heavy atom. The zero-order valence-electron chi connectivity index (χ0n) is 16.1. The molecule has 1 atom stereocenters. The van der Waals surface area contributed by atoms with Crippen LogP contribution in [0.5, 0.6) is 5.75 Å². The minimum atomic E-state index is -0.618. The standard InChI is InChI=1S/C22H25N3O3/c1-15(26)25-21(13-17-14-24-20-6-4-3-5-19(17)20)22(27)23-12-11-16-7-9-18(28-2)10-8-16/h3-10,14,21,24H,11-13H2,1-2H3,(H,23,27)(H,25,26)/t21-/m0/s1. The molecule has 1 heterocycles. The number of amides is 2. The molecular weight excluding hydrogens is 354 g/mol. The summed E-state index contributed by atoms with van der Waals surface area (Å²) in [6.07, 6.45) is 3.03. The average molecular weight is 379 g/mol. The van der Waals surface area contributed by atoms with Crippen LogP contribution in [-0.4, -0.2) is 36.5 Å². The number of rotatable bonds is 8. The first-order valence-electron chi connectivity index (χ1n) is 9.29. The van der Waals surface area contributed by atoms with Crippen LogP contribution in [0.15, 0.2) is 54.7 Å². The van der Waals surface area contributed by atoms with Crippen LogP contribution in [0.4, 0.5) is 0 Å². The Morgan fingerprint density at radius 1 is 1.11 bits per heavy atom. The normalized spacial score (nSPS) is 11.8. The zero-order valence-corrected chi connectivity index (χ0v) is 16.1. The van der Waals surface area contributed by atoms with Crippen molar-refractivity contribution in [2.75, 3.05) is 13.7 Å². The first-order chi connectivity index (χ1) is 13.6. The summed E-state index contributed by atoms with van der Waals surface area (Å²) >= 11 is 0. The van der Waals surface area contributed by atoms with Gasteiger partial charge in [0.05, 0.1) is 7.11 Å². The average Bonchev–Trinajstić information content (AvgIpc) is 3.10. The maximum atomic E-state index is 12.7. The van der Waals surface area contributed by atoms with E-state index in [-0.39, 0.29) is 11.8 Å². The van der Waals surface area contributed by atoms with Crippen molar-refractivity contribution in [1.29, 1.82) is 0 Å². The highest BCUT2D eigenvalue weighted by molar-refractivity contribution is 5.89. The molecule has 0 bridgehead atoms. The van der Waals surface area contributed by atoms with Gasteiger partial charge in [0.25, 0.3) is 0 Å². The van der Waals surface area contributed by atoms with Crippen LogP contribution in [0.2, 0.25) is 0 Å². The van der Waals surface area contributed by atoms with E-state index in [0.29, 0.717) is 19.4 Å². The van der Waals surface area contributed by atoms with E-state index in [1.165, 1.54) is 6.92 Å². The number of H-pyrrole nitrogens is 1. The summed E-state index contributed by atoms with van der Waals surface area (Å²) in [5.41, 5.74) is 3.12. The number of benzene rings is 2. The van der Waals surface area contributed by atoms with Gasteiger partial charge >= 0.3 is 0 Å². The number of ether oxygens (including phenoxy) is 1. The van der Waals surface area contributed by atoms with E-state index in [1.807, 2.05) is 54.7 Å². The van der Waals surface area contributed by atoms with Gasteiger partial charge in [-0.1, -0.05) is 30.3 Å². The van der Waals surface area contributed by atoms with Crippen LogP contribution in [0.1, 0.15) is 18.1 Å². The molecule has 2 amide bonds. The maximum Gasteiger partial charge on any atom is 0.242 e. The molecule has 3 N–H and O–H groups in total. The monoisotopic (exact) mass is 379 g/mol. The number of methoxy groups -OCH3 is 1. The van der Waals surface area contributed by atoms with E-state index in [4.69, 9.17) is 4.74 Å². The molecule has 146 valence electrons. The van der Waals surface area contributed by atoms with E-state index in [0.717, 1.165) is 27.8 Å². The highest BCUT2D eigenvalue weighted by Gasteiger charge is 2.21. The second-order valence-electron chi connectivity index (χ2n) is 6.71. The van der Waals surface area contributed by atoms with Crippen molar-refractivity contribution in [2.24, 2.45) is 0 Å². The Morgan fingerprint density at radius 3 is 2.57 bits per heavy atom. The Labute approximate surface area is 164 Å². The van der Waals surface area contributed by atoms with E-state index in [9.17, 15) is 9.59 Å². The second kappa shape index (κ2) is 9.08. The molecule has 3 aromatic rings. The Kier molecular flexibility index (Phi) is 6.32. The van der Waals surface area contributed by atoms with Crippen LogP contribution >= 0.6 is 0 Å². The summed E-state index contributed by atoms with van der Waals surface area (Å²) in [7, 11) is 1.63. The van der Waals surface area contributed by atoms with Crippen LogP contribution in [0.3, 0.4) is 0 Å². The summed E-state index contributed by atoms with van der Waals surface area (Å²) in [6, 6.07) is 15.0. The lowest BCUT2D eigenvalue weighted by molar-refractivity contribution is -0.128. The third-order valence-corrected chi connectivity index (χ3v) is 4.66. The molecule has 28 heavy (non-hydrogen) atoms. The molecule has 3 rings (SSSR count). The molecule has 0 spiro atoms. The van der Waals surface area contributed by atoms with Crippen molar-refractivity contribution in [3.8, 4) is 5.75 Å². The molecule has 0 saturated heterocycles. The van der Waals surface area contributed by atoms with Crippen molar-refractivity contribution in [3.63, 3.8) is 0 Å². The number of nitrogens with one attached hydrogen (secondary N) is 3. The van der Waals surface area contributed by atoms with Gasteiger partial charge < -0.3 is 20.4 Å². The summed E-state index contributed by atoms with van der Waals surface area (Å²) in [4.78, 5) is 27.5. The van der Waals surface area contributed by atoms with E-state index < -0.39 is 6.04 Å². The number of carbonyl (C=O) groups excluding carboxylic acids is 2. The van der Waals surface area contributed by atoms with Crippen LogP contribution < -0.4 is 15.4 Å². The van der Waals surface area contributed by atoms with Crippen LogP contribution in [0, 0.1) is 0 Å². The third-order valence-electron chi connectivity index (χ3n) is 4.66. The van der Waals surface area contributed by atoms with Crippen molar-refractivity contribution < 1.29 is 14.3 Å². The van der Waals surface area contributed by atoms with Gasteiger partial charge in [-0.2, -0.15) is 0 Å². The SMILES string of the molecule is COc1ccc(CCNC(=O)[C@H](Cc2c[nH]c3ccccc23)NC(C)=O)cc1. The van der Waals surface area contributed by atoms with Gasteiger partial charge in [0, 0.05) is 37.0 Å². The molecule has 0 aliphatic heterocycles. The Bertz CT molecular complexity index is 947. The Balaban J connectivity index is 1.61. The maximum absolute atomic E-state index is 12.7. The molecule has 6 heteroatoms. The molecule has 0 unspecified atom stereocenters. The number of hydrogen-bond donors (Lipinski definition) is 3. The number of aromatic nitrogens is 1. The topological polar surface area (TPSA) is 83.2 Å². The zero-order chi connectivity index (χ0) is 19.9. The van der Waals surface area contributed by atoms with Gasteiger partial charge in [-0.15, -0.1) is 0 Å². The molecule has 0 radical (unpaired) electrons. The molecule has 0 aliphatic carbocycles. The number of carbonyl (C=O) groups is 2. The first kappa shape index (κ1) is 19.5. The van der Waals surface area contributed by atoms with E-state index in [2.05, 4.69) is 15.6 Å². The fourth-order valence-corrected chi connectivity index (χ4v) is 3.22. The predicted octanol–water partition coefficient (Wildman–Crippen LogP) is 2.58. The summed E-state index contributed by atoms with van der Waals surface area (Å²) in [5, 5.41) is 6.75. The third kappa shape index (κ3) is 4.91. The van der Waals surface area contributed by atoms with Crippen molar-refractivity contribution in [2.45, 2.75) is 25.8 Å². The Hall–Kier alpha value is -3.28. The highest BCUT2D eigenvalue weighted by atomic mass is 16.5. The quantitative estimate of drug-likeness (QED) is 0.563. The summed E-state index contributed by atoms with van der Waals surface area (Å²) < 4.78 is 5.15. The van der Waals surface area contributed by atoms with Gasteiger partial charge in [0.15, 0.2) is 0 Å².